The highest BCUT2D eigenvalue weighted by atomic mass is 16.4. The molecule has 11 aromatic rings. The van der Waals surface area contributed by atoms with Gasteiger partial charge in [-0.3, -0.25) is 0 Å². The van der Waals surface area contributed by atoms with Gasteiger partial charge in [-0.05, 0) is 65.4 Å². The minimum Gasteiger partial charge on any atom is -0.455 e. The zero-order valence-electron chi connectivity index (χ0n) is 24.3. The van der Waals surface area contributed by atoms with Gasteiger partial charge in [0.05, 0.1) is 16.6 Å². The van der Waals surface area contributed by atoms with Crippen molar-refractivity contribution in [1.82, 2.24) is 9.55 Å². The Morgan fingerprint density at radius 1 is 0.457 bits per heavy atom. The van der Waals surface area contributed by atoms with Gasteiger partial charge in [0.15, 0.2) is 11.2 Å². The number of rotatable bonds is 2. The van der Waals surface area contributed by atoms with E-state index in [4.69, 9.17) is 18.2 Å². The van der Waals surface area contributed by atoms with Crippen molar-refractivity contribution in [2.45, 2.75) is 0 Å². The Bertz CT molecular complexity index is 3010. The van der Waals surface area contributed by atoms with Gasteiger partial charge >= 0.3 is 0 Å². The molecule has 214 valence electrons. The Morgan fingerprint density at radius 3 is 2.09 bits per heavy atom. The zero-order valence-corrected chi connectivity index (χ0v) is 24.3. The van der Waals surface area contributed by atoms with Crippen LogP contribution in [-0.2, 0) is 0 Å². The first-order valence-electron chi connectivity index (χ1n) is 15.4. The van der Waals surface area contributed by atoms with Crippen LogP contribution >= 0.6 is 0 Å². The molecule has 0 saturated heterocycles. The Balaban J connectivity index is 1.25. The number of para-hydroxylation sites is 4. The predicted molar refractivity (Wildman–Crippen MR) is 186 cm³/mol. The first kappa shape index (κ1) is 24.0. The molecule has 0 unspecified atom stereocenters. The molecule has 0 aliphatic heterocycles. The molecular formula is C41H22N2O3. The van der Waals surface area contributed by atoms with Crippen molar-refractivity contribution in [2.75, 3.05) is 0 Å². The number of furan rings is 2. The molecule has 0 bridgehead atoms. The molecule has 0 spiro atoms. The molecule has 0 atom stereocenters. The molecule has 11 rings (SSSR count). The van der Waals surface area contributed by atoms with Crippen LogP contribution in [0.15, 0.2) is 147 Å². The van der Waals surface area contributed by atoms with E-state index in [2.05, 4.69) is 95.6 Å². The van der Waals surface area contributed by atoms with Crippen LogP contribution in [0.4, 0.5) is 0 Å². The maximum Gasteiger partial charge on any atom is 0.231 e. The molecule has 0 amide bonds. The largest absolute Gasteiger partial charge is 0.455 e. The highest BCUT2D eigenvalue weighted by molar-refractivity contribution is 6.22. The van der Waals surface area contributed by atoms with E-state index in [1.165, 1.54) is 5.39 Å². The maximum absolute atomic E-state index is 6.67. The summed E-state index contributed by atoms with van der Waals surface area (Å²) in [6.07, 6.45) is 0. The first-order chi connectivity index (χ1) is 22.8. The number of fused-ring (bicyclic) bond motifs is 12. The molecule has 5 heteroatoms. The second-order valence-electron chi connectivity index (χ2n) is 11.9. The summed E-state index contributed by atoms with van der Waals surface area (Å²) in [6.45, 7) is 0. The van der Waals surface area contributed by atoms with Crippen LogP contribution in [0.5, 0.6) is 0 Å². The lowest BCUT2D eigenvalue weighted by molar-refractivity contribution is 0.616. The lowest BCUT2D eigenvalue weighted by atomic mass is 10.00. The van der Waals surface area contributed by atoms with E-state index >= 15 is 0 Å². The minimum absolute atomic E-state index is 0.553. The standard InChI is InChI=1S/C41H22N2O3/c1-2-10-25-23(9-1)21-31-30-22-24(17-20-35(30)44-39(31)37(25)41-42-32-13-5-8-16-36(32)46-41)43-33-14-6-3-11-26(33)28-18-19-29-27-12-4-7-15-34(27)45-40(29)38(28)43/h1-22H. The normalized spacial score (nSPS) is 12.3. The molecule has 46 heavy (non-hydrogen) atoms. The van der Waals surface area contributed by atoms with Crippen molar-refractivity contribution >= 4 is 87.6 Å². The van der Waals surface area contributed by atoms with E-state index < -0.39 is 0 Å². The van der Waals surface area contributed by atoms with Gasteiger partial charge in [0.1, 0.15) is 22.3 Å². The smallest absolute Gasteiger partial charge is 0.231 e. The van der Waals surface area contributed by atoms with Crippen molar-refractivity contribution in [1.29, 1.82) is 0 Å². The number of aromatic nitrogens is 2. The second kappa shape index (κ2) is 8.65. The van der Waals surface area contributed by atoms with E-state index in [0.717, 1.165) is 93.4 Å². The highest BCUT2D eigenvalue weighted by Crippen LogP contribution is 2.44. The number of nitrogens with zero attached hydrogens (tertiary/aromatic N) is 2. The molecule has 0 fully saturated rings. The summed E-state index contributed by atoms with van der Waals surface area (Å²) in [5.74, 6) is 0.553. The van der Waals surface area contributed by atoms with E-state index in [9.17, 15) is 0 Å². The Morgan fingerprint density at radius 2 is 1.17 bits per heavy atom. The monoisotopic (exact) mass is 590 g/mol. The maximum atomic E-state index is 6.67. The molecule has 4 heterocycles. The Labute approximate surface area is 260 Å². The lowest BCUT2D eigenvalue weighted by Gasteiger charge is -2.08. The molecular weight excluding hydrogens is 568 g/mol. The first-order valence-corrected chi connectivity index (χ1v) is 15.4. The van der Waals surface area contributed by atoms with Gasteiger partial charge in [0.25, 0.3) is 0 Å². The van der Waals surface area contributed by atoms with Crippen LogP contribution in [0.1, 0.15) is 0 Å². The van der Waals surface area contributed by atoms with Crippen LogP contribution in [-0.4, -0.2) is 9.55 Å². The third-order valence-electron chi connectivity index (χ3n) is 9.41. The summed E-state index contributed by atoms with van der Waals surface area (Å²) < 4.78 is 21.9. The minimum atomic E-state index is 0.553. The van der Waals surface area contributed by atoms with E-state index in [0.29, 0.717) is 5.89 Å². The molecule has 4 aromatic heterocycles. The van der Waals surface area contributed by atoms with Gasteiger partial charge < -0.3 is 17.8 Å². The predicted octanol–water partition coefficient (Wildman–Crippen LogP) is 11.5. The summed E-state index contributed by atoms with van der Waals surface area (Å²) in [4.78, 5) is 4.89. The van der Waals surface area contributed by atoms with Crippen molar-refractivity contribution in [3.63, 3.8) is 0 Å². The fourth-order valence-corrected chi connectivity index (χ4v) is 7.39. The average molecular weight is 591 g/mol. The molecule has 0 saturated carbocycles. The quantitative estimate of drug-likeness (QED) is 0.201. The highest BCUT2D eigenvalue weighted by Gasteiger charge is 2.23. The number of oxazole rings is 1. The second-order valence-corrected chi connectivity index (χ2v) is 11.9. The molecule has 0 N–H and O–H groups in total. The van der Waals surface area contributed by atoms with Crippen molar-refractivity contribution in [2.24, 2.45) is 0 Å². The summed E-state index contributed by atoms with van der Waals surface area (Å²) in [5.41, 5.74) is 8.98. The molecule has 7 aromatic carbocycles. The van der Waals surface area contributed by atoms with Gasteiger partial charge in [-0.25, -0.2) is 4.98 Å². The summed E-state index contributed by atoms with van der Waals surface area (Å²) >= 11 is 0. The van der Waals surface area contributed by atoms with Gasteiger partial charge in [-0.1, -0.05) is 78.9 Å². The van der Waals surface area contributed by atoms with Gasteiger partial charge in [0.2, 0.25) is 5.89 Å². The summed E-state index contributed by atoms with van der Waals surface area (Å²) in [5, 5.41) is 8.74. The third kappa shape index (κ3) is 3.11. The van der Waals surface area contributed by atoms with E-state index in [-0.39, 0.29) is 0 Å². The van der Waals surface area contributed by atoms with Crippen LogP contribution < -0.4 is 0 Å². The number of hydrogen-bond donors (Lipinski definition) is 0. The fourth-order valence-electron chi connectivity index (χ4n) is 7.39. The third-order valence-corrected chi connectivity index (χ3v) is 9.41. The number of hydrogen-bond acceptors (Lipinski definition) is 4. The van der Waals surface area contributed by atoms with E-state index in [1.54, 1.807) is 0 Å². The van der Waals surface area contributed by atoms with E-state index in [1.807, 2.05) is 42.5 Å². The Hall–Kier alpha value is -6.33. The van der Waals surface area contributed by atoms with Crippen molar-refractivity contribution in [3.8, 4) is 17.1 Å². The van der Waals surface area contributed by atoms with Crippen LogP contribution in [0.25, 0.3) is 105 Å². The fraction of sp³-hybridized carbons (Fsp3) is 0. The average Bonchev–Trinajstić information content (AvgIpc) is 3.87. The SMILES string of the molecule is c1ccc2c(-c3nc4ccccc4o3)c3oc4ccc(-n5c6ccccc6c6ccc7c8ccccc8oc7c65)cc4c3cc2c1. The summed E-state index contributed by atoms with van der Waals surface area (Å²) in [6, 6.07) is 46.1. The van der Waals surface area contributed by atoms with Crippen LogP contribution in [0.2, 0.25) is 0 Å². The van der Waals surface area contributed by atoms with Crippen molar-refractivity contribution in [3.05, 3.63) is 133 Å². The van der Waals surface area contributed by atoms with Crippen LogP contribution in [0, 0.1) is 0 Å². The van der Waals surface area contributed by atoms with Crippen LogP contribution in [0.3, 0.4) is 0 Å². The molecule has 0 aliphatic carbocycles. The molecule has 0 aliphatic rings. The molecule has 0 radical (unpaired) electrons. The lowest BCUT2D eigenvalue weighted by Crippen LogP contribution is -1.93. The Kier molecular flexibility index (Phi) is 4.52. The number of benzene rings is 7. The zero-order chi connectivity index (χ0) is 29.9. The van der Waals surface area contributed by atoms with Crippen molar-refractivity contribution < 1.29 is 13.3 Å². The topological polar surface area (TPSA) is 57.2 Å². The molecule has 5 nitrogen and oxygen atoms in total. The van der Waals surface area contributed by atoms with Gasteiger partial charge in [-0.15, -0.1) is 0 Å². The van der Waals surface area contributed by atoms with Gasteiger partial charge in [0, 0.05) is 38.0 Å². The summed E-state index contributed by atoms with van der Waals surface area (Å²) in [7, 11) is 0. The van der Waals surface area contributed by atoms with Gasteiger partial charge in [-0.2, -0.15) is 0 Å².